The number of nitrogens with two attached hydrogens (primary N) is 1. The van der Waals surface area contributed by atoms with Crippen LogP contribution in [0.1, 0.15) is 15.9 Å². The molecule has 0 aliphatic carbocycles. The number of anilines is 2. The van der Waals surface area contributed by atoms with Crippen LogP contribution in [0.15, 0.2) is 35.0 Å². The van der Waals surface area contributed by atoms with E-state index < -0.39 is 5.97 Å². The summed E-state index contributed by atoms with van der Waals surface area (Å²) in [6.07, 6.45) is 0. The fraction of sp³-hybridized carbons (Fsp3) is 0.0833. The maximum Gasteiger partial charge on any atom is 0.337 e. The van der Waals surface area contributed by atoms with Crippen LogP contribution in [-0.4, -0.2) is 11.1 Å². The van der Waals surface area contributed by atoms with E-state index in [1.165, 1.54) is 6.07 Å². The number of benzene rings is 1. The van der Waals surface area contributed by atoms with E-state index in [9.17, 15) is 4.79 Å². The zero-order valence-corrected chi connectivity index (χ0v) is 9.83. The molecule has 5 heteroatoms. The average Bonchev–Trinajstić information content (AvgIpc) is 2.80. The fourth-order valence-electron chi connectivity index (χ4n) is 1.48. The van der Waals surface area contributed by atoms with Gasteiger partial charge in [-0.15, -0.1) is 0 Å². The number of aromatic carboxylic acids is 1. The number of hydrogen-bond donors (Lipinski definition) is 3. The molecule has 4 nitrogen and oxygen atoms in total. The van der Waals surface area contributed by atoms with Crippen LogP contribution in [0.5, 0.6) is 0 Å². The molecule has 0 amide bonds. The van der Waals surface area contributed by atoms with Crippen molar-refractivity contribution in [3.8, 4) is 0 Å². The number of carboxylic acid groups (broad SMARTS) is 1. The minimum absolute atomic E-state index is 0.195. The Morgan fingerprint density at radius 1 is 1.41 bits per heavy atom. The molecule has 4 N–H and O–H groups in total. The molecule has 0 aliphatic heterocycles. The lowest BCUT2D eigenvalue weighted by Crippen LogP contribution is -2.06. The lowest BCUT2D eigenvalue weighted by Gasteiger charge is -2.09. The van der Waals surface area contributed by atoms with Crippen molar-refractivity contribution in [3.05, 3.63) is 46.2 Å². The molecular formula is C12H12N2O2S. The summed E-state index contributed by atoms with van der Waals surface area (Å²) < 4.78 is 0. The molecular weight excluding hydrogens is 236 g/mol. The molecule has 2 rings (SSSR count). The Morgan fingerprint density at radius 2 is 2.24 bits per heavy atom. The van der Waals surface area contributed by atoms with Crippen LogP contribution in [0, 0.1) is 0 Å². The van der Waals surface area contributed by atoms with Crippen molar-refractivity contribution in [2.24, 2.45) is 0 Å². The molecule has 0 atom stereocenters. The first kappa shape index (κ1) is 11.5. The van der Waals surface area contributed by atoms with Crippen LogP contribution in [0.2, 0.25) is 0 Å². The highest BCUT2D eigenvalue weighted by atomic mass is 32.1. The summed E-state index contributed by atoms with van der Waals surface area (Å²) in [4.78, 5) is 11.0. The second-order valence-corrected chi connectivity index (χ2v) is 4.38. The van der Waals surface area contributed by atoms with Crippen LogP contribution in [-0.2, 0) is 6.54 Å². The molecule has 0 saturated carbocycles. The SMILES string of the molecule is Nc1ccc(NCc2ccsc2)c(C(=O)O)c1. The Morgan fingerprint density at radius 3 is 2.88 bits per heavy atom. The molecule has 0 fully saturated rings. The van der Waals surface area contributed by atoms with Gasteiger partial charge < -0.3 is 16.2 Å². The van der Waals surface area contributed by atoms with E-state index >= 15 is 0 Å². The number of nitrogens with one attached hydrogen (secondary N) is 1. The predicted molar refractivity (Wildman–Crippen MR) is 69.5 cm³/mol. The molecule has 2 aromatic rings. The first-order chi connectivity index (χ1) is 8.16. The minimum atomic E-state index is -0.981. The fourth-order valence-corrected chi connectivity index (χ4v) is 2.15. The van der Waals surface area contributed by atoms with E-state index in [4.69, 9.17) is 10.8 Å². The summed E-state index contributed by atoms with van der Waals surface area (Å²) in [6, 6.07) is 6.82. The van der Waals surface area contributed by atoms with E-state index in [1.54, 1.807) is 23.5 Å². The van der Waals surface area contributed by atoms with Gasteiger partial charge in [-0.2, -0.15) is 11.3 Å². The van der Waals surface area contributed by atoms with Gasteiger partial charge in [0.05, 0.1) is 5.56 Å². The zero-order chi connectivity index (χ0) is 12.3. The monoisotopic (exact) mass is 248 g/mol. The molecule has 1 aromatic carbocycles. The van der Waals surface area contributed by atoms with Gasteiger partial charge in [0, 0.05) is 17.9 Å². The molecule has 17 heavy (non-hydrogen) atoms. The first-order valence-corrected chi connectivity index (χ1v) is 5.99. The van der Waals surface area contributed by atoms with E-state index in [-0.39, 0.29) is 5.56 Å². The number of hydrogen-bond acceptors (Lipinski definition) is 4. The first-order valence-electron chi connectivity index (χ1n) is 5.04. The lowest BCUT2D eigenvalue weighted by molar-refractivity contribution is 0.0698. The van der Waals surface area contributed by atoms with Gasteiger partial charge in [-0.1, -0.05) is 0 Å². The average molecular weight is 248 g/mol. The Kier molecular flexibility index (Phi) is 3.30. The van der Waals surface area contributed by atoms with Gasteiger partial charge in [-0.25, -0.2) is 4.79 Å². The molecule has 0 aliphatic rings. The maximum absolute atomic E-state index is 11.0. The van der Waals surface area contributed by atoms with Gasteiger partial charge in [0.15, 0.2) is 0 Å². The topological polar surface area (TPSA) is 75.3 Å². The highest BCUT2D eigenvalue weighted by Crippen LogP contribution is 2.20. The van der Waals surface area contributed by atoms with Crippen molar-refractivity contribution in [1.82, 2.24) is 0 Å². The Balaban J connectivity index is 2.17. The van der Waals surface area contributed by atoms with Gasteiger partial charge >= 0.3 is 5.97 Å². The number of nitrogen functional groups attached to an aromatic ring is 1. The molecule has 0 unspecified atom stereocenters. The third kappa shape index (κ3) is 2.76. The standard InChI is InChI=1S/C12H12N2O2S/c13-9-1-2-11(10(5-9)12(15)16)14-6-8-3-4-17-7-8/h1-5,7,14H,6,13H2,(H,15,16). The number of thiophene rings is 1. The summed E-state index contributed by atoms with van der Waals surface area (Å²) in [5, 5.41) is 16.2. The third-order valence-electron chi connectivity index (χ3n) is 2.34. The summed E-state index contributed by atoms with van der Waals surface area (Å²) in [7, 11) is 0. The Bertz CT molecular complexity index is 523. The van der Waals surface area contributed by atoms with E-state index in [2.05, 4.69) is 5.32 Å². The summed E-state index contributed by atoms with van der Waals surface area (Å²) in [5.74, 6) is -0.981. The van der Waals surface area contributed by atoms with Crippen molar-refractivity contribution < 1.29 is 9.90 Å². The quantitative estimate of drug-likeness (QED) is 0.727. The molecule has 0 spiro atoms. The van der Waals surface area contributed by atoms with Crippen molar-refractivity contribution in [2.45, 2.75) is 6.54 Å². The summed E-state index contributed by atoms with van der Waals surface area (Å²) in [6.45, 7) is 0.605. The van der Waals surface area contributed by atoms with Gasteiger partial charge in [-0.05, 0) is 40.6 Å². The Labute approximate surface area is 103 Å². The van der Waals surface area contributed by atoms with Crippen molar-refractivity contribution in [2.75, 3.05) is 11.1 Å². The van der Waals surface area contributed by atoms with Gasteiger partial charge in [-0.3, -0.25) is 0 Å². The normalized spacial score (nSPS) is 10.1. The van der Waals surface area contributed by atoms with Gasteiger partial charge in [0.25, 0.3) is 0 Å². The van der Waals surface area contributed by atoms with Crippen molar-refractivity contribution >= 4 is 28.7 Å². The van der Waals surface area contributed by atoms with Crippen LogP contribution < -0.4 is 11.1 Å². The highest BCUT2D eigenvalue weighted by Gasteiger charge is 2.10. The largest absolute Gasteiger partial charge is 0.478 e. The lowest BCUT2D eigenvalue weighted by atomic mass is 10.1. The number of rotatable bonds is 4. The minimum Gasteiger partial charge on any atom is -0.478 e. The number of carbonyl (C=O) groups is 1. The van der Waals surface area contributed by atoms with Crippen molar-refractivity contribution in [1.29, 1.82) is 0 Å². The molecule has 0 bridgehead atoms. The second-order valence-electron chi connectivity index (χ2n) is 3.60. The van der Waals surface area contributed by atoms with E-state index in [0.29, 0.717) is 17.9 Å². The smallest absolute Gasteiger partial charge is 0.337 e. The van der Waals surface area contributed by atoms with Crippen LogP contribution in [0.25, 0.3) is 0 Å². The highest BCUT2D eigenvalue weighted by molar-refractivity contribution is 7.07. The predicted octanol–water partition coefficient (Wildman–Crippen LogP) is 2.64. The second kappa shape index (κ2) is 4.88. The van der Waals surface area contributed by atoms with Crippen molar-refractivity contribution in [3.63, 3.8) is 0 Å². The van der Waals surface area contributed by atoms with Gasteiger partial charge in [0.1, 0.15) is 0 Å². The van der Waals surface area contributed by atoms with E-state index in [0.717, 1.165) is 5.56 Å². The van der Waals surface area contributed by atoms with E-state index in [1.807, 2.05) is 16.8 Å². The Hall–Kier alpha value is -2.01. The van der Waals surface area contributed by atoms with Gasteiger partial charge in [0.2, 0.25) is 0 Å². The molecule has 1 aromatic heterocycles. The van der Waals surface area contributed by atoms with Crippen LogP contribution in [0.3, 0.4) is 0 Å². The summed E-state index contributed by atoms with van der Waals surface area (Å²) >= 11 is 1.61. The van der Waals surface area contributed by atoms with Crippen LogP contribution in [0.4, 0.5) is 11.4 Å². The maximum atomic E-state index is 11.0. The molecule has 0 radical (unpaired) electrons. The van der Waals surface area contributed by atoms with Crippen LogP contribution >= 0.6 is 11.3 Å². The summed E-state index contributed by atoms with van der Waals surface area (Å²) in [5.41, 5.74) is 7.92. The number of carboxylic acids is 1. The molecule has 1 heterocycles. The third-order valence-corrected chi connectivity index (χ3v) is 3.07. The zero-order valence-electron chi connectivity index (χ0n) is 9.01. The molecule has 0 saturated heterocycles. The molecule has 88 valence electrons.